The molecule has 0 spiro atoms. The third kappa shape index (κ3) is 2.09. The maximum Gasteiger partial charge on any atom is 0.142 e. The van der Waals surface area contributed by atoms with Crippen LogP contribution in [0.2, 0.25) is 0 Å². The number of carbonyl (C=O) groups excluding carboxylic acids is 1. The van der Waals surface area contributed by atoms with Crippen molar-refractivity contribution in [3.63, 3.8) is 0 Å². The van der Waals surface area contributed by atoms with Gasteiger partial charge in [-0.25, -0.2) is 4.98 Å². The molecular formula is C11H15N3O. The minimum atomic E-state index is 0.00387. The van der Waals surface area contributed by atoms with E-state index in [1.165, 1.54) is 0 Å². The number of nitrogen functional groups attached to an aromatic ring is 1. The molecule has 1 saturated heterocycles. The van der Waals surface area contributed by atoms with E-state index < -0.39 is 0 Å². The Morgan fingerprint density at radius 1 is 1.47 bits per heavy atom. The predicted octanol–water partition coefficient (Wildman–Crippen LogP) is 1.22. The van der Waals surface area contributed by atoms with Crippen molar-refractivity contribution < 1.29 is 4.79 Å². The van der Waals surface area contributed by atoms with Crippen molar-refractivity contribution in [2.24, 2.45) is 0 Å². The quantitative estimate of drug-likeness (QED) is 0.737. The van der Waals surface area contributed by atoms with Gasteiger partial charge in [-0.05, 0) is 31.4 Å². The molecule has 1 fully saturated rings. The van der Waals surface area contributed by atoms with Crippen LogP contribution < -0.4 is 10.6 Å². The lowest BCUT2D eigenvalue weighted by Crippen LogP contribution is -2.40. The molecule has 1 aliphatic heterocycles. The van der Waals surface area contributed by atoms with Crippen LogP contribution in [0.5, 0.6) is 0 Å². The zero-order valence-electron chi connectivity index (χ0n) is 8.60. The molecule has 0 bridgehead atoms. The van der Waals surface area contributed by atoms with E-state index in [0.717, 1.165) is 37.8 Å². The zero-order valence-corrected chi connectivity index (χ0v) is 8.60. The highest BCUT2D eigenvalue weighted by Crippen LogP contribution is 2.23. The maximum atomic E-state index is 10.9. The van der Waals surface area contributed by atoms with Crippen LogP contribution in [0.15, 0.2) is 18.3 Å². The van der Waals surface area contributed by atoms with Crippen LogP contribution in [0.4, 0.5) is 11.5 Å². The monoisotopic (exact) mass is 205 g/mol. The molecule has 80 valence electrons. The maximum absolute atomic E-state index is 10.9. The number of rotatable bonds is 2. The first-order valence-electron chi connectivity index (χ1n) is 5.25. The standard InChI is InChI=1S/C11H15N3O/c12-11-5-4-9(7-13-11)14-6-2-1-3-10(14)8-15/h4-5,7-8,10H,1-3,6H2,(H2,12,13). The summed E-state index contributed by atoms with van der Waals surface area (Å²) in [5.41, 5.74) is 6.51. The van der Waals surface area contributed by atoms with Gasteiger partial charge in [0.15, 0.2) is 0 Å². The highest BCUT2D eigenvalue weighted by Gasteiger charge is 2.21. The van der Waals surface area contributed by atoms with E-state index in [1.807, 2.05) is 6.07 Å². The summed E-state index contributed by atoms with van der Waals surface area (Å²) in [7, 11) is 0. The highest BCUT2D eigenvalue weighted by molar-refractivity contribution is 5.66. The van der Waals surface area contributed by atoms with E-state index in [2.05, 4.69) is 9.88 Å². The van der Waals surface area contributed by atoms with Crippen LogP contribution in [-0.2, 0) is 4.79 Å². The number of nitrogens with two attached hydrogens (primary N) is 1. The molecule has 0 aliphatic carbocycles. The van der Waals surface area contributed by atoms with Crippen molar-refractivity contribution in [3.05, 3.63) is 18.3 Å². The molecule has 1 atom stereocenters. The van der Waals surface area contributed by atoms with Gasteiger partial charge >= 0.3 is 0 Å². The van der Waals surface area contributed by atoms with Gasteiger partial charge in [0.1, 0.15) is 12.1 Å². The number of hydrogen-bond acceptors (Lipinski definition) is 4. The van der Waals surface area contributed by atoms with E-state index in [0.29, 0.717) is 5.82 Å². The molecule has 2 N–H and O–H groups in total. The van der Waals surface area contributed by atoms with Gasteiger partial charge in [-0.3, -0.25) is 0 Å². The third-order valence-corrected chi connectivity index (χ3v) is 2.81. The Morgan fingerprint density at radius 3 is 3.00 bits per heavy atom. The number of aldehydes is 1. The van der Waals surface area contributed by atoms with Crippen molar-refractivity contribution >= 4 is 17.8 Å². The molecule has 0 radical (unpaired) electrons. The molecule has 4 nitrogen and oxygen atoms in total. The number of nitrogens with zero attached hydrogens (tertiary/aromatic N) is 2. The van der Waals surface area contributed by atoms with Gasteiger partial charge in [0, 0.05) is 6.54 Å². The normalized spacial score (nSPS) is 21.3. The third-order valence-electron chi connectivity index (χ3n) is 2.81. The van der Waals surface area contributed by atoms with Crippen LogP contribution in [0.3, 0.4) is 0 Å². The van der Waals surface area contributed by atoms with Crippen LogP contribution in [0, 0.1) is 0 Å². The lowest BCUT2D eigenvalue weighted by atomic mass is 10.0. The van der Waals surface area contributed by atoms with Gasteiger partial charge < -0.3 is 15.4 Å². The van der Waals surface area contributed by atoms with Gasteiger partial charge in [-0.15, -0.1) is 0 Å². The predicted molar refractivity (Wildman–Crippen MR) is 59.7 cm³/mol. The first kappa shape index (κ1) is 9.96. The summed E-state index contributed by atoms with van der Waals surface area (Å²) in [6, 6.07) is 3.69. The molecule has 2 heterocycles. The summed E-state index contributed by atoms with van der Waals surface area (Å²) in [6.07, 6.45) is 5.96. The molecule has 15 heavy (non-hydrogen) atoms. The molecule has 2 rings (SSSR count). The molecule has 1 aromatic rings. The van der Waals surface area contributed by atoms with Crippen LogP contribution in [-0.4, -0.2) is 23.9 Å². The topological polar surface area (TPSA) is 59.2 Å². The second kappa shape index (κ2) is 4.29. The molecule has 0 amide bonds. The van der Waals surface area contributed by atoms with Crippen molar-refractivity contribution in [1.82, 2.24) is 4.98 Å². The minimum Gasteiger partial charge on any atom is -0.384 e. The molecular weight excluding hydrogens is 190 g/mol. The summed E-state index contributed by atoms with van der Waals surface area (Å²) in [5.74, 6) is 0.512. The fourth-order valence-corrected chi connectivity index (χ4v) is 1.99. The summed E-state index contributed by atoms with van der Waals surface area (Å²) < 4.78 is 0. The average molecular weight is 205 g/mol. The lowest BCUT2D eigenvalue weighted by Gasteiger charge is -2.33. The second-order valence-electron chi connectivity index (χ2n) is 3.83. The van der Waals surface area contributed by atoms with Gasteiger partial charge in [0.05, 0.1) is 17.9 Å². The van der Waals surface area contributed by atoms with Crippen molar-refractivity contribution in [1.29, 1.82) is 0 Å². The molecule has 4 heteroatoms. The van der Waals surface area contributed by atoms with Crippen LogP contribution in [0.1, 0.15) is 19.3 Å². The smallest absolute Gasteiger partial charge is 0.142 e. The Morgan fingerprint density at radius 2 is 2.33 bits per heavy atom. The lowest BCUT2D eigenvalue weighted by molar-refractivity contribution is -0.109. The largest absolute Gasteiger partial charge is 0.384 e. The van der Waals surface area contributed by atoms with Crippen molar-refractivity contribution in [2.45, 2.75) is 25.3 Å². The Labute approximate surface area is 89.1 Å². The Kier molecular flexibility index (Phi) is 2.85. The van der Waals surface area contributed by atoms with Gasteiger partial charge in [0.2, 0.25) is 0 Å². The molecule has 1 unspecified atom stereocenters. The Balaban J connectivity index is 2.20. The SMILES string of the molecule is Nc1ccc(N2CCCCC2C=O)cn1. The number of piperidine rings is 1. The van der Waals surface area contributed by atoms with E-state index in [4.69, 9.17) is 5.73 Å². The first-order valence-corrected chi connectivity index (χ1v) is 5.25. The zero-order chi connectivity index (χ0) is 10.7. The number of carbonyl (C=O) groups is 1. The fourth-order valence-electron chi connectivity index (χ4n) is 1.99. The van der Waals surface area contributed by atoms with Crippen LogP contribution in [0.25, 0.3) is 0 Å². The average Bonchev–Trinajstić information content (AvgIpc) is 2.30. The summed E-state index contributed by atoms with van der Waals surface area (Å²) in [5, 5.41) is 0. The molecule has 1 aromatic heterocycles. The number of pyridine rings is 1. The number of aromatic nitrogens is 1. The Bertz CT molecular complexity index is 336. The van der Waals surface area contributed by atoms with Gasteiger partial charge in [-0.1, -0.05) is 0 Å². The highest BCUT2D eigenvalue weighted by atomic mass is 16.1. The first-order chi connectivity index (χ1) is 7.31. The van der Waals surface area contributed by atoms with Crippen molar-refractivity contribution in [2.75, 3.05) is 17.2 Å². The molecule has 1 aliphatic rings. The second-order valence-corrected chi connectivity index (χ2v) is 3.83. The van der Waals surface area contributed by atoms with E-state index >= 15 is 0 Å². The fraction of sp³-hybridized carbons (Fsp3) is 0.455. The number of hydrogen-bond donors (Lipinski definition) is 1. The van der Waals surface area contributed by atoms with Crippen molar-refractivity contribution in [3.8, 4) is 0 Å². The van der Waals surface area contributed by atoms with E-state index in [1.54, 1.807) is 12.3 Å². The Hall–Kier alpha value is -1.58. The van der Waals surface area contributed by atoms with E-state index in [9.17, 15) is 4.79 Å². The summed E-state index contributed by atoms with van der Waals surface area (Å²) in [6.45, 7) is 0.926. The number of anilines is 2. The summed E-state index contributed by atoms with van der Waals surface area (Å²) >= 11 is 0. The minimum absolute atomic E-state index is 0.00387. The van der Waals surface area contributed by atoms with Gasteiger partial charge in [0.25, 0.3) is 0 Å². The molecule has 0 aromatic carbocycles. The van der Waals surface area contributed by atoms with Gasteiger partial charge in [-0.2, -0.15) is 0 Å². The van der Waals surface area contributed by atoms with E-state index in [-0.39, 0.29) is 6.04 Å². The summed E-state index contributed by atoms with van der Waals surface area (Å²) in [4.78, 5) is 17.1. The van der Waals surface area contributed by atoms with Crippen LogP contribution >= 0.6 is 0 Å². The molecule has 0 saturated carbocycles.